The maximum Gasteiger partial charge on any atom is 0.407 e. The van der Waals surface area contributed by atoms with Crippen LogP contribution < -0.4 is 10.1 Å². The van der Waals surface area contributed by atoms with Crippen LogP contribution in [0.25, 0.3) is 0 Å². The number of amides is 1. The third-order valence-corrected chi connectivity index (χ3v) is 8.28. The lowest BCUT2D eigenvalue weighted by Crippen LogP contribution is -2.51. The van der Waals surface area contributed by atoms with Crippen LogP contribution in [-0.2, 0) is 27.8 Å². The number of nitro groups is 1. The molecule has 3 aromatic carbocycles. The fraction of sp³-hybridized carbons (Fsp3) is 0.406. The fourth-order valence-corrected chi connectivity index (χ4v) is 5.98. The zero-order chi connectivity index (χ0) is 32.5. The molecule has 2 atom stereocenters. The molecule has 0 radical (unpaired) electrons. The monoisotopic (exact) mass is 627 g/mol. The number of hydrogen-bond donors (Lipinski definition) is 2. The Labute approximate surface area is 259 Å². The Morgan fingerprint density at radius 3 is 2.11 bits per heavy atom. The Morgan fingerprint density at radius 1 is 0.955 bits per heavy atom. The van der Waals surface area contributed by atoms with Crippen LogP contribution in [-0.4, -0.2) is 59.7 Å². The molecule has 238 valence electrons. The van der Waals surface area contributed by atoms with Crippen molar-refractivity contribution in [3.63, 3.8) is 0 Å². The molecule has 12 heteroatoms. The molecule has 3 aromatic rings. The minimum absolute atomic E-state index is 0.0724. The van der Waals surface area contributed by atoms with Gasteiger partial charge < -0.3 is 19.9 Å². The summed E-state index contributed by atoms with van der Waals surface area (Å²) in [5.74, 6) is 0.544. The Morgan fingerprint density at radius 2 is 1.57 bits per heavy atom. The number of aliphatic hydroxyl groups excluding tert-OH is 1. The predicted molar refractivity (Wildman–Crippen MR) is 167 cm³/mol. The van der Waals surface area contributed by atoms with Crippen molar-refractivity contribution in [3.8, 4) is 5.75 Å². The van der Waals surface area contributed by atoms with Gasteiger partial charge in [-0.3, -0.25) is 10.1 Å². The largest absolute Gasteiger partial charge is 0.489 e. The van der Waals surface area contributed by atoms with Crippen LogP contribution >= 0.6 is 0 Å². The number of non-ortho nitro benzene ring substituents is 1. The smallest absolute Gasteiger partial charge is 0.407 e. The molecule has 0 aliphatic rings. The Hall–Kier alpha value is -4.00. The second-order valence-electron chi connectivity index (χ2n) is 11.9. The normalized spacial score (nSPS) is 13.4. The average Bonchev–Trinajstić information content (AvgIpc) is 2.95. The molecular weight excluding hydrogens is 586 g/mol. The summed E-state index contributed by atoms with van der Waals surface area (Å²) in [4.78, 5) is 23.1. The Balaban J connectivity index is 1.81. The van der Waals surface area contributed by atoms with Gasteiger partial charge in [0.2, 0.25) is 10.0 Å². The second kappa shape index (κ2) is 15.1. The van der Waals surface area contributed by atoms with E-state index in [1.807, 2.05) is 56.3 Å². The maximum absolute atomic E-state index is 13.6. The summed E-state index contributed by atoms with van der Waals surface area (Å²) in [5.41, 5.74) is 0.763. The zero-order valence-electron chi connectivity index (χ0n) is 25.7. The zero-order valence-corrected chi connectivity index (χ0v) is 26.5. The van der Waals surface area contributed by atoms with Gasteiger partial charge in [-0.1, -0.05) is 56.3 Å². The second-order valence-corrected chi connectivity index (χ2v) is 13.8. The number of aliphatic hydroxyl groups is 1. The van der Waals surface area contributed by atoms with Crippen LogP contribution in [0, 0.1) is 16.0 Å². The predicted octanol–water partition coefficient (Wildman–Crippen LogP) is 5.32. The molecule has 44 heavy (non-hydrogen) atoms. The minimum atomic E-state index is -4.14. The summed E-state index contributed by atoms with van der Waals surface area (Å²) in [6.45, 7) is 8.95. The first-order valence-corrected chi connectivity index (χ1v) is 15.8. The number of ether oxygens (including phenoxy) is 2. The van der Waals surface area contributed by atoms with E-state index in [1.165, 1.54) is 12.1 Å². The van der Waals surface area contributed by atoms with Gasteiger partial charge in [0, 0.05) is 25.2 Å². The molecule has 0 fully saturated rings. The summed E-state index contributed by atoms with van der Waals surface area (Å²) < 4.78 is 39.6. The molecule has 0 spiro atoms. The molecule has 0 aromatic heterocycles. The first kappa shape index (κ1) is 34.5. The van der Waals surface area contributed by atoms with Crippen molar-refractivity contribution in [2.75, 3.05) is 13.1 Å². The maximum atomic E-state index is 13.6. The van der Waals surface area contributed by atoms with Crippen LogP contribution in [0.4, 0.5) is 10.5 Å². The van der Waals surface area contributed by atoms with E-state index in [0.29, 0.717) is 12.4 Å². The van der Waals surface area contributed by atoms with E-state index >= 15 is 0 Å². The number of nitrogens with zero attached hydrogens (tertiary/aromatic N) is 2. The van der Waals surface area contributed by atoms with Gasteiger partial charge in [0.05, 0.1) is 22.0 Å². The number of alkyl carbamates (subject to hydrolysis) is 1. The molecule has 2 N–H and O–H groups in total. The molecule has 0 saturated heterocycles. The highest BCUT2D eigenvalue weighted by molar-refractivity contribution is 7.89. The number of rotatable bonds is 14. The molecule has 0 saturated carbocycles. The van der Waals surface area contributed by atoms with E-state index in [4.69, 9.17) is 9.47 Å². The SMILES string of the molecule is CC(C)CN(C[C@@H](O)[C@H](Cc1ccc(OCc2ccccc2)cc1)NC(=O)OC(C)(C)C)S(=O)(=O)c1ccc([N+](=O)[O-])cc1. The van der Waals surface area contributed by atoms with E-state index in [-0.39, 0.29) is 36.0 Å². The van der Waals surface area contributed by atoms with E-state index in [2.05, 4.69) is 5.32 Å². The highest BCUT2D eigenvalue weighted by Gasteiger charge is 2.32. The third-order valence-electron chi connectivity index (χ3n) is 6.44. The van der Waals surface area contributed by atoms with Crippen LogP contribution in [0.3, 0.4) is 0 Å². The molecule has 1 amide bonds. The molecule has 0 aliphatic heterocycles. The van der Waals surface area contributed by atoms with E-state index in [9.17, 15) is 28.4 Å². The van der Waals surface area contributed by atoms with Gasteiger partial charge in [-0.15, -0.1) is 0 Å². The topological polar surface area (TPSA) is 148 Å². The first-order valence-electron chi connectivity index (χ1n) is 14.3. The number of hydrogen-bond acceptors (Lipinski definition) is 8. The highest BCUT2D eigenvalue weighted by atomic mass is 32.2. The first-order chi connectivity index (χ1) is 20.6. The summed E-state index contributed by atoms with van der Waals surface area (Å²) >= 11 is 0. The van der Waals surface area contributed by atoms with Crippen LogP contribution in [0.5, 0.6) is 5.75 Å². The lowest BCUT2D eigenvalue weighted by atomic mass is 10.0. The number of benzene rings is 3. The molecule has 3 rings (SSSR count). The lowest BCUT2D eigenvalue weighted by molar-refractivity contribution is -0.384. The number of carbonyl (C=O) groups excluding carboxylic acids is 1. The van der Waals surface area contributed by atoms with Crippen molar-refractivity contribution >= 4 is 21.8 Å². The number of sulfonamides is 1. The average molecular weight is 628 g/mol. The Kier molecular flexibility index (Phi) is 11.9. The highest BCUT2D eigenvalue weighted by Crippen LogP contribution is 2.23. The van der Waals surface area contributed by atoms with Crippen molar-refractivity contribution in [1.29, 1.82) is 0 Å². The van der Waals surface area contributed by atoms with E-state index in [1.54, 1.807) is 32.9 Å². The van der Waals surface area contributed by atoms with Crippen LogP contribution in [0.15, 0.2) is 83.8 Å². The van der Waals surface area contributed by atoms with Gasteiger partial charge in [-0.25, -0.2) is 13.2 Å². The third kappa shape index (κ3) is 10.6. The van der Waals surface area contributed by atoms with Gasteiger partial charge in [0.25, 0.3) is 5.69 Å². The summed E-state index contributed by atoms with van der Waals surface area (Å²) in [5, 5.41) is 25.2. The molecule has 0 bridgehead atoms. The summed E-state index contributed by atoms with van der Waals surface area (Å²) in [7, 11) is -4.14. The van der Waals surface area contributed by atoms with E-state index < -0.39 is 38.8 Å². The van der Waals surface area contributed by atoms with Crippen molar-refractivity contribution in [2.45, 2.75) is 70.3 Å². The van der Waals surface area contributed by atoms with Gasteiger partial charge >= 0.3 is 6.09 Å². The van der Waals surface area contributed by atoms with Crippen molar-refractivity contribution in [1.82, 2.24) is 9.62 Å². The van der Waals surface area contributed by atoms with Gasteiger partial charge in [0.15, 0.2) is 0 Å². The quantitative estimate of drug-likeness (QED) is 0.180. The number of carbonyl (C=O) groups is 1. The number of nitrogens with one attached hydrogen (secondary N) is 1. The molecular formula is C32H41N3O8S. The number of nitro benzene ring substituents is 1. The minimum Gasteiger partial charge on any atom is -0.489 e. The standard InChI is InChI=1S/C32H41N3O8S/c1-23(2)20-34(44(40,41)28-17-13-26(14-18-28)35(38)39)21-30(36)29(33-31(37)43-32(3,4)5)19-24-11-15-27(16-12-24)42-22-25-9-7-6-8-10-25/h6-18,23,29-30,36H,19-22H2,1-5H3,(H,33,37)/t29-,30+/m0/s1. The van der Waals surface area contributed by atoms with Crippen molar-refractivity contribution in [3.05, 3.63) is 100 Å². The molecule has 0 unspecified atom stereocenters. The molecule has 11 nitrogen and oxygen atoms in total. The summed E-state index contributed by atoms with van der Waals surface area (Å²) in [6.07, 6.45) is -1.91. The van der Waals surface area contributed by atoms with Crippen molar-refractivity contribution in [2.24, 2.45) is 5.92 Å². The molecule has 0 heterocycles. The van der Waals surface area contributed by atoms with Crippen LogP contribution in [0.2, 0.25) is 0 Å². The van der Waals surface area contributed by atoms with Gasteiger partial charge in [-0.05, 0) is 68.5 Å². The summed E-state index contributed by atoms with van der Waals surface area (Å²) in [6, 6.07) is 20.6. The fourth-order valence-electron chi connectivity index (χ4n) is 4.36. The Bertz CT molecular complexity index is 1470. The van der Waals surface area contributed by atoms with Crippen LogP contribution in [0.1, 0.15) is 45.7 Å². The van der Waals surface area contributed by atoms with Crippen molar-refractivity contribution < 1.29 is 32.7 Å². The van der Waals surface area contributed by atoms with E-state index in [0.717, 1.165) is 27.6 Å². The lowest BCUT2D eigenvalue weighted by Gasteiger charge is -2.31. The van der Waals surface area contributed by atoms with Gasteiger partial charge in [-0.2, -0.15) is 4.31 Å². The van der Waals surface area contributed by atoms with Gasteiger partial charge in [0.1, 0.15) is 18.0 Å². The molecule has 0 aliphatic carbocycles.